The lowest BCUT2D eigenvalue weighted by molar-refractivity contribution is -0.143. The van der Waals surface area contributed by atoms with E-state index in [1.54, 1.807) is 0 Å². The van der Waals surface area contributed by atoms with Gasteiger partial charge in [0.05, 0.1) is 5.92 Å². The number of hydrogen-bond donors (Lipinski definition) is 2. The van der Waals surface area contributed by atoms with E-state index in [1.807, 2.05) is 6.92 Å². The topological polar surface area (TPSA) is 66.4 Å². The first kappa shape index (κ1) is 15.0. The molecule has 4 nitrogen and oxygen atoms in total. The average Bonchev–Trinajstić information content (AvgIpc) is 2.54. The number of carbonyl (C=O) groups excluding carboxylic acids is 1. The van der Waals surface area contributed by atoms with Gasteiger partial charge in [0.2, 0.25) is 5.91 Å². The Labute approximate surface area is 109 Å². The average molecular weight is 255 g/mol. The minimum absolute atomic E-state index is 0.00231. The third-order valence-electron chi connectivity index (χ3n) is 3.91. The number of carboxylic acid groups (broad SMARTS) is 1. The molecule has 0 aliphatic heterocycles. The Morgan fingerprint density at radius 1 is 1.28 bits per heavy atom. The van der Waals surface area contributed by atoms with E-state index in [0.717, 1.165) is 32.1 Å². The number of rotatable bonds is 5. The zero-order chi connectivity index (χ0) is 13.5. The first-order valence-electron chi connectivity index (χ1n) is 7.06. The lowest BCUT2D eigenvalue weighted by Crippen LogP contribution is -2.43. The SMILES string of the molecule is CCC(C)CC(=O)N[C@H]1CCCCC[C@H]1C(=O)O. The van der Waals surface area contributed by atoms with Gasteiger partial charge < -0.3 is 10.4 Å². The summed E-state index contributed by atoms with van der Waals surface area (Å²) in [5.41, 5.74) is 0. The van der Waals surface area contributed by atoms with E-state index in [-0.39, 0.29) is 11.9 Å². The van der Waals surface area contributed by atoms with Crippen molar-refractivity contribution in [3.63, 3.8) is 0 Å². The first-order valence-corrected chi connectivity index (χ1v) is 7.06. The molecule has 1 aliphatic carbocycles. The van der Waals surface area contributed by atoms with Crippen molar-refractivity contribution in [3.05, 3.63) is 0 Å². The van der Waals surface area contributed by atoms with Crippen LogP contribution in [0.1, 0.15) is 58.8 Å². The van der Waals surface area contributed by atoms with Crippen LogP contribution in [0.15, 0.2) is 0 Å². The standard InChI is InChI=1S/C14H25NO3/c1-3-10(2)9-13(16)15-12-8-6-4-5-7-11(12)14(17)18/h10-12H,3-9H2,1-2H3,(H,15,16)(H,17,18)/t10?,11-,12+/m1/s1. The number of hydrogen-bond acceptors (Lipinski definition) is 2. The summed E-state index contributed by atoms with van der Waals surface area (Å²) in [5, 5.41) is 12.2. The van der Waals surface area contributed by atoms with Gasteiger partial charge in [-0.05, 0) is 18.8 Å². The molecule has 1 saturated carbocycles. The van der Waals surface area contributed by atoms with Crippen molar-refractivity contribution in [2.24, 2.45) is 11.8 Å². The quantitative estimate of drug-likeness (QED) is 0.742. The monoisotopic (exact) mass is 255 g/mol. The van der Waals surface area contributed by atoms with Crippen LogP contribution < -0.4 is 5.32 Å². The fourth-order valence-corrected chi connectivity index (χ4v) is 2.50. The number of carboxylic acids is 1. The van der Waals surface area contributed by atoms with E-state index in [9.17, 15) is 14.7 Å². The highest BCUT2D eigenvalue weighted by atomic mass is 16.4. The minimum atomic E-state index is -0.772. The van der Waals surface area contributed by atoms with Gasteiger partial charge in [-0.15, -0.1) is 0 Å². The summed E-state index contributed by atoms with van der Waals surface area (Å²) >= 11 is 0. The van der Waals surface area contributed by atoms with Crippen LogP contribution in [0.4, 0.5) is 0 Å². The molecule has 1 unspecified atom stereocenters. The molecule has 0 saturated heterocycles. The summed E-state index contributed by atoms with van der Waals surface area (Å²) in [6, 6.07) is -0.179. The normalized spacial score (nSPS) is 26.1. The van der Waals surface area contributed by atoms with Crippen molar-refractivity contribution < 1.29 is 14.7 Å². The first-order chi connectivity index (χ1) is 8.54. The van der Waals surface area contributed by atoms with Crippen LogP contribution in [0, 0.1) is 11.8 Å². The van der Waals surface area contributed by atoms with Crippen molar-refractivity contribution in [2.45, 2.75) is 64.8 Å². The second-order valence-electron chi connectivity index (χ2n) is 5.47. The summed E-state index contributed by atoms with van der Waals surface area (Å²) in [4.78, 5) is 23.1. The van der Waals surface area contributed by atoms with Crippen LogP contribution in [0.5, 0.6) is 0 Å². The Balaban J connectivity index is 2.55. The van der Waals surface area contributed by atoms with Crippen molar-refractivity contribution in [1.29, 1.82) is 0 Å². The van der Waals surface area contributed by atoms with Gasteiger partial charge in [0.15, 0.2) is 0 Å². The summed E-state index contributed by atoms with van der Waals surface area (Å²) < 4.78 is 0. The third-order valence-corrected chi connectivity index (χ3v) is 3.91. The predicted molar refractivity (Wildman–Crippen MR) is 70.2 cm³/mol. The molecule has 0 spiro atoms. The summed E-state index contributed by atoms with van der Waals surface area (Å²) in [6.45, 7) is 4.10. The van der Waals surface area contributed by atoms with Gasteiger partial charge in [-0.1, -0.05) is 39.5 Å². The molecular weight excluding hydrogens is 230 g/mol. The zero-order valence-corrected chi connectivity index (χ0v) is 11.4. The zero-order valence-electron chi connectivity index (χ0n) is 11.4. The second-order valence-corrected chi connectivity index (χ2v) is 5.47. The summed E-state index contributed by atoms with van der Waals surface area (Å²) in [5.74, 6) is -0.819. The maximum Gasteiger partial charge on any atom is 0.308 e. The summed E-state index contributed by atoms with van der Waals surface area (Å²) in [6.07, 6.45) is 5.99. The molecule has 0 radical (unpaired) electrons. The molecule has 4 heteroatoms. The molecule has 1 amide bonds. The lowest BCUT2D eigenvalue weighted by Gasteiger charge is -2.23. The molecule has 0 bridgehead atoms. The molecule has 1 rings (SSSR count). The number of aliphatic carboxylic acids is 1. The van der Waals surface area contributed by atoms with Crippen LogP contribution in [-0.4, -0.2) is 23.0 Å². The predicted octanol–water partition coefficient (Wildman–Crippen LogP) is 2.57. The Morgan fingerprint density at radius 2 is 1.94 bits per heavy atom. The number of nitrogens with one attached hydrogen (secondary N) is 1. The second kappa shape index (κ2) is 7.39. The van der Waals surface area contributed by atoms with Gasteiger partial charge in [-0.2, -0.15) is 0 Å². The molecule has 2 N–H and O–H groups in total. The lowest BCUT2D eigenvalue weighted by atomic mass is 9.94. The van der Waals surface area contributed by atoms with E-state index in [0.29, 0.717) is 18.8 Å². The molecule has 0 heterocycles. The van der Waals surface area contributed by atoms with Gasteiger partial charge in [0.1, 0.15) is 0 Å². The van der Waals surface area contributed by atoms with Gasteiger partial charge >= 0.3 is 5.97 Å². The highest BCUT2D eigenvalue weighted by Crippen LogP contribution is 2.24. The van der Waals surface area contributed by atoms with Crippen LogP contribution in [0.2, 0.25) is 0 Å². The van der Waals surface area contributed by atoms with E-state index in [1.165, 1.54) is 0 Å². The molecular formula is C14H25NO3. The smallest absolute Gasteiger partial charge is 0.308 e. The molecule has 104 valence electrons. The maximum absolute atomic E-state index is 11.9. The Kier molecular flexibility index (Phi) is 6.16. The van der Waals surface area contributed by atoms with Gasteiger partial charge in [-0.25, -0.2) is 0 Å². The van der Waals surface area contributed by atoms with Gasteiger partial charge in [0.25, 0.3) is 0 Å². The van der Waals surface area contributed by atoms with Crippen molar-refractivity contribution >= 4 is 11.9 Å². The molecule has 0 aromatic heterocycles. The van der Waals surface area contributed by atoms with Crippen molar-refractivity contribution in [3.8, 4) is 0 Å². The van der Waals surface area contributed by atoms with Crippen LogP contribution >= 0.6 is 0 Å². The third kappa shape index (κ3) is 4.67. The highest BCUT2D eigenvalue weighted by Gasteiger charge is 2.30. The molecule has 1 fully saturated rings. The van der Waals surface area contributed by atoms with Crippen LogP contribution in [-0.2, 0) is 9.59 Å². The Bertz CT molecular complexity index is 291. The van der Waals surface area contributed by atoms with Gasteiger partial charge in [-0.3, -0.25) is 9.59 Å². The van der Waals surface area contributed by atoms with Crippen LogP contribution in [0.25, 0.3) is 0 Å². The molecule has 18 heavy (non-hydrogen) atoms. The van der Waals surface area contributed by atoms with E-state index in [4.69, 9.17) is 0 Å². The largest absolute Gasteiger partial charge is 0.481 e. The minimum Gasteiger partial charge on any atom is -0.481 e. The fraction of sp³-hybridized carbons (Fsp3) is 0.857. The fourth-order valence-electron chi connectivity index (χ4n) is 2.50. The van der Waals surface area contributed by atoms with E-state index in [2.05, 4.69) is 12.2 Å². The van der Waals surface area contributed by atoms with Crippen molar-refractivity contribution in [1.82, 2.24) is 5.32 Å². The van der Waals surface area contributed by atoms with Crippen molar-refractivity contribution in [2.75, 3.05) is 0 Å². The molecule has 0 aromatic carbocycles. The maximum atomic E-state index is 11.9. The molecule has 0 aromatic rings. The molecule has 3 atom stereocenters. The van der Waals surface area contributed by atoms with E-state index < -0.39 is 11.9 Å². The Hall–Kier alpha value is -1.06. The van der Waals surface area contributed by atoms with Gasteiger partial charge in [0, 0.05) is 12.5 Å². The van der Waals surface area contributed by atoms with Crippen LogP contribution in [0.3, 0.4) is 0 Å². The molecule has 1 aliphatic rings. The Morgan fingerprint density at radius 3 is 2.56 bits per heavy atom. The number of amides is 1. The highest BCUT2D eigenvalue weighted by molar-refractivity contribution is 5.78. The van der Waals surface area contributed by atoms with E-state index >= 15 is 0 Å². The number of carbonyl (C=O) groups is 2. The summed E-state index contributed by atoms with van der Waals surface area (Å²) in [7, 11) is 0.